The van der Waals surface area contributed by atoms with Crippen LogP contribution in [0.1, 0.15) is 56.7 Å². The molecule has 2 nitrogen and oxygen atoms in total. The van der Waals surface area contributed by atoms with Crippen LogP contribution in [0.2, 0.25) is 0 Å². The van der Waals surface area contributed by atoms with Crippen molar-refractivity contribution in [2.75, 3.05) is 19.6 Å². The van der Waals surface area contributed by atoms with Gasteiger partial charge in [-0.2, -0.15) is 0 Å². The third-order valence-corrected chi connectivity index (χ3v) is 5.60. The maximum atomic E-state index is 3.75. The Bertz CT molecular complexity index is 397. The Morgan fingerprint density at radius 1 is 1.25 bits per heavy atom. The molecule has 3 heteroatoms. The van der Waals surface area contributed by atoms with Crippen molar-refractivity contribution in [1.29, 1.82) is 0 Å². The summed E-state index contributed by atoms with van der Waals surface area (Å²) in [4.78, 5) is 5.57. The molecule has 1 aromatic rings. The van der Waals surface area contributed by atoms with E-state index in [0.29, 0.717) is 6.04 Å². The summed E-state index contributed by atoms with van der Waals surface area (Å²) >= 11 is 1.96. The van der Waals surface area contributed by atoms with Crippen molar-refractivity contribution in [2.24, 2.45) is 0 Å². The summed E-state index contributed by atoms with van der Waals surface area (Å²) in [5.74, 6) is 0. The van der Waals surface area contributed by atoms with Gasteiger partial charge in [-0.3, -0.25) is 0 Å². The van der Waals surface area contributed by atoms with Crippen LogP contribution in [0.25, 0.3) is 0 Å². The van der Waals surface area contributed by atoms with E-state index in [9.17, 15) is 0 Å². The predicted molar refractivity (Wildman–Crippen MR) is 89.6 cm³/mol. The van der Waals surface area contributed by atoms with Crippen LogP contribution in [-0.2, 0) is 12.0 Å². The second-order valence-corrected chi connectivity index (χ2v) is 8.18. The van der Waals surface area contributed by atoms with Crippen LogP contribution < -0.4 is 5.32 Å². The molecular formula is C17H30N2S. The highest BCUT2D eigenvalue weighted by Gasteiger charge is 2.19. The highest BCUT2D eigenvalue weighted by atomic mass is 32.1. The van der Waals surface area contributed by atoms with Gasteiger partial charge < -0.3 is 10.2 Å². The number of piperidine rings is 1. The van der Waals surface area contributed by atoms with Crippen LogP contribution in [0, 0.1) is 0 Å². The van der Waals surface area contributed by atoms with Crippen LogP contribution in [0.15, 0.2) is 12.1 Å². The molecule has 0 saturated carbocycles. The molecule has 1 fully saturated rings. The van der Waals surface area contributed by atoms with E-state index in [1.165, 1.54) is 48.7 Å². The Labute approximate surface area is 128 Å². The maximum absolute atomic E-state index is 3.75. The fraction of sp³-hybridized carbons (Fsp3) is 0.765. The van der Waals surface area contributed by atoms with Gasteiger partial charge in [0.2, 0.25) is 0 Å². The average molecular weight is 295 g/mol. The molecule has 0 amide bonds. The quantitative estimate of drug-likeness (QED) is 0.882. The first-order chi connectivity index (χ1) is 9.49. The molecule has 0 spiro atoms. The largest absolute Gasteiger partial charge is 0.309 e. The Kier molecular flexibility index (Phi) is 5.65. The van der Waals surface area contributed by atoms with Gasteiger partial charge in [0.1, 0.15) is 0 Å². The number of likely N-dealkylation sites (tertiary alicyclic amines) is 1. The summed E-state index contributed by atoms with van der Waals surface area (Å²) in [6.07, 6.45) is 3.89. The minimum Gasteiger partial charge on any atom is -0.309 e. The summed E-state index contributed by atoms with van der Waals surface area (Å²) in [7, 11) is 0. The van der Waals surface area contributed by atoms with Crippen LogP contribution in [-0.4, -0.2) is 30.6 Å². The van der Waals surface area contributed by atoms with E-state index in [2.05, 4.69) is 50.0 Å². The zero-order chi connectivity index (χ0) is 14.6. The molecule has 0 aliphatic carbocycles. The normalized spacial score (nSPS) is 18.6. The lowest BCUT2D eigenvalue weighted by Gasteiger charge is -2.32. The van der Waals surface area contributed by atoms with Gasteiger partial charge in [0.25, 0.3) is 0 Å². The van der Waals surface area contributed by atoms with Crippen LogP contribution in [0.3, 0.4) is 0 Å². The molecule has 2 rings (SSSR count). The van der Waals surface area contributed by atoms with Crippen molar-refractivity contribution in [3.63, 3.8) is 0 Å². The summed E-state index contributed by atoms with van der Waals surface area (Å²) in [5, 5.41) is 3.75. The summed E-state index contributed by atoms with van der Waals surface area (Å²) in [6, 6.07) is 5.30. The van der Waals surface area contributed by atoms with Crippen molar-refractivity contribution < 1.29 is 0 Å². The lowest BCUT2D eigenvalue weighted by atomic mass is 9.95. The van der Waals surface area contributed by atoms with Crippen molar-refractivity contribution >= 4 is 11.3 Å². The monoisotopic (exact) mass is 294 g/mol. The fourth-order valence-corrected chi connectivity index (χ4v) is 3.81. The van der Waals surface area contributed by atoms with E-state index in [4.69, 9.17) is 0 Å². The predicted octanol–water partition coefficient (Wildman–Crippen LogP) is 4.01. The van der Waals surface area contributed by atoms with Crippen molar-refractivity contribution in [3.8, 4) is 0 Å². The van der Waals surface area contributed by atoms with E-state index >= 15 is 0 Å². The van der Waals surface area contributed by atoms with Crippen molar-refractivity contribution in [1.82, 2.24) is 10.2 Å². The minimum absolute atomic E-state index is 0.286. The fourth-order valence-electron chi connectivity index (χ4n) is 2.80. The zero-order valence-corrected chi connectivity index (χ0v) is 14.4. The Morgan fingerprint density at radius 3 is 2.50 bits per heavy atom. The topological polar surface area (TPSA) is 15.3 Å². The molecule has 0 bridgehead atoms. The Balaban J connectivity index is 1.75. The lowest BCUT2D eigenvalue weighted by molar-refractivity contribution is 0.197. The third kappa shape index (κ3) is 4.57. The minimum atomic E-state index is 0.286. The van der Waals surface area contributed by atoms with Gasteiger partial charge in [-0.25, -0.2) is 0 Å². The van der Waals surface area contributed by atoms with E-state index in [0.717, 1.165) is 6.54 Å². The smallest absolute Gasteiger partial charge is 0.0302 e. The first kappa shape index (κ1) is 16.0. The lowest BCUT2D eigenvalue weighted by Crippen LogP contribution is -2.42. The van der Waals surface area contributed by atoms with E-state index in [-0.39, 0.29) is 5.41 Å². The van der Waals surface area contributed by atoms with E-state index in [1.807, 2.05) is 11.3 Å². The molecule has 0 aromatic carbocycles. The molecule has 1 saturated heterocycles. The summed E-state index contributed by atoms with van der Waals surface area (Å²) < 4.78 is 0. The number of nitrogens with one attached hydrogen (secondary N) is 1. The molecule has 1 aliphatic rings. The Morgan fingerprint density at radius 2 is 1.95 bits per heavy atom. The van der Waals surface area contributed by atoms with Crippen LogP contribution >= 0.6 is 11.3 Å². The molecule has 1 aromatic heterocycles. The van der Waals surface area contributed by atoms with Gasteiger partial charge in [0.15, 0.2) is 0 Å². The average Bonchev–Trinajstić information content (AvgIpc) is 2.87. The summed E-state index contributed by atoms with van der Waals surface area (Å²) in [5.41, 5.74) is 0.286. The molecule has 1 aliphatic heterocycles. The molecule has 2 heterocycles. The van der Waals surface area contributed by atoms with Gasteiger partial charge in [-0.1, -0.05) is 27.7 Å². The second kappa shape index (κ2) is 7.06. The SMILES string of the molecule is CCCN1CCC(NCc2ccc(C(C)(C)C)s2)CC1. The van der Waals surface area contributed by atoms with Gasteiger partial charge in [0, 0.05) is 22.3 Å². The molecular weight excluding hydrogens is 264 g/mol. The molecule has 0 unspecified atom stereocenters. The Hall–Kier alpha value is -0.380. The van der Waals surface area contributed by atoms with E-state index < -0.39 is 0 Å². The number of nitrogens with zero attached hydrogens (tertiary/aromatic N) is 1. The number of hydrogen-bond donors (Lipinski definition) is 1. The molecule has 1 N–H and O–H groups in total. The van der Waals surface area contributed by atoms with Crippen molar-refractivity contribution in [2.45, 2.75) is 65.0 Å². The van der Waals surface area contributed by atoms with Gasteiger partial charge >= 0.3 is 0 Å². The highest BCUT2D eigenvalue weighted by Crippen LogP contribution is 2.29. The molecule has 20 heavy (non-hydrogen) atoms. The van der Waals surface area contributed by atoms with Crippen LogP contribution in [0.4, 0.5) is 0 Å². The molecule has 0 atom stereocenters. The van der Waals surface area contributed by atoms with E-state index in [1.54, 1.807) is 0 Å². The molecule has 114 valence electrons. The standard InChI is InChI=1S/C17H30N2S/c1-5-10-19-11-8-14(9-12-19)18-13-15-6-7-16(20-15)17(2,3)4/h6-7,14,18H,5,8-13H2,1-4H3. The number of rotatable bonds is 5. The highest BCUT2D eigenvalue weighted by molar-refractivity contribution is 7.12. The zero-order valence-electron chi connectivity index (χ0n) is 13.5. The first-order valence-corrected chi connectivity index (χ1v) is 8.85. The third-order valence-electron chi connectivity index (χ3n) is 4.09. The number of hydrogen-bond acceptors (Lipinski definition) is 3. The maximum Gasteiger partial charge on any atom is 0.0302 e. The van der Waals surface area contributed by atoms with Crippen LogP contribution in [0.5, 0.6) is 0 Å². The first-order valence-electron chi connectivity index (χ1n) is 8.04. The second-order valence-electron chi connectivity index (χ2n) is 7.01. The van der Waals surface area contributed by atoms with Gasteiger partial charge in [-0.05, 0) is 56.4 Å². The van der Waals surface area contributed by atoms with Gasteiger partial charge in [0.05, 0.1) is 0 Å². The molecule has 0 radical (unpaired) electrons. The summed E-state index contributed by atoms with van der Waals surface area (Å²) in [6.45, 7) is 14.0. The van der Waals surface area contributed by atoms with Crippen molar-refractivity contribution in [3.05, 3.63) is 21.9 Å². The van der Waals surface area contributed by atoms with Gasteiger partial charge in [-0.15, -0.1) is 11.3 Å². The number of thiophene rings is 1.